The quantitative estimate of drug-likeness (QED) is 0.431. The highest BCUT2D eigenvalue weighted by molar-refractivity contribution is 7.15. The molecule has 8 nitrogen and oxygen atoms in total. The summed E-state index contributed by atoms with van der Waals surface area (Å²) in [5.41, 5.74) is 1.83. The van der Waals surface area contributed by atoms with Gasteiger partial charge >= 0.3 is 0 Å². The van der Waals surface area contributed by atoms with Gasteiger partial charge in [0.2, 0.25) is 5.91 Å². The first kappa shape index (κ1) is 22.5. The van der Waals surface area contributed by atoms with Crippen LogP contribution >= 0.6 is 22.9 Å². The van der Waals surface area contributed by atoms with E-state index in [0.717, 1.165) is 52.2 Å². The van der Waals surface area contributed by atoms with E-state index in [9.17, 15) is 4.79 Å². The average Bonchev–Trinajstić information content (AvgIpc) is 3.53. The van der Waals surface area contributed by atoms with Crippen LogP contribution in [0.15, 0.2) is 55.4 Å². The summed E-state index contributed by atoms with van der Waals surface area (Å²) in [5, 5.41) is 4.67. The fraction of sp³-hybridized carbons (Fsp3) is 0.292. The third kappa shape index (κ3) is 4.80. The Kier molecular flexibility index (Phi) is 6.55. The van der Waals surface area contributed by atoms with Crippen LogP contribution in [0.5, 0.6) is 0 Å². The van der Waals surface area contributed by atoms with Crippen LogP contribution in [0, 0.1) is 12.8 Å². The number of aryl methyl sites for hydroxylation is 1. The van der Waals surface area contributed by atoms with Gasteiger partial charge in [-0.3, -0.25) is 9.36 Å². The second-order valence-corrected chi connectivity index (χ2v) is 9.71. The normalized spacial score (nSPS) is 15.9. The van der Waals surface area contributed by atoms with Crippen molar-refractivity contribution in [2.75, 3.05) is 18.0 Å². The van der Waals surface area contributed by atoms with Crippen LogP contribution < -0.4 is 10.2 Å². The molecule has 0 aliphatic carbocycles. The van der Waals surface area contributed by atoms with Gasteiger partial charge in [0, 0.05) is 42.0 Å². The second-order valence-electron chi connectivity index (χ2n) is 8.21. The number of carbonyl (C=O) groups is 1. The molecule has 1 unspecified atom stereocenters. The number of amides is 1. The Bertz CT molecular complexity index is 1290. The van der Waals surface area contributed by atoms with Crippen molar-refractivity contribution in [2.24, 2.45) is 5.92 Å². The van der Waals surface area contributed by atoms with Crippen molar-refractivity contribution in [3.8, 4) is 16.4 Å². The number of carbonyl (C=O) groups excluding carboxylic acids is 1. The number of hydrogen-bond donors (Lipinski definition) is 1. The van der Waals surface area contributed by atoms with Gasteiger partial charge < -0.3 is 10.2 Å². The molecule has 4 aromatic rings. The molecule has 1 atom stereocenters. The molecule has 1 aliphatic heterocycles. The van der Waals surface area contributed by atoms with Crippen LogP contribution in [0.25, 0.3) is 16.4 Å². The maximum absolute atomic E-state index is 13.0. The van der Waals surface area contributed by atoms with Crippen molar-refractivity contribution >= 4 is 34.7 Å². The molecule has 34 heavy (non-hydrogen) atoms. The standard InChI is InChI=1S/C24H24ClN7OS/c1-16-20(34-24(30-16)18-6-2-3-7-19(18)25)12-27-23(33)17-5-4-9-31(13-17)21-11-22(29-14-28-21)32-10-8-26-15-32/h2-3,6-8,10-11,14-15,17H,4-5,9,12-13H2,1H3,(H,27,33). The summed E-state index contributed by atoms with van der Waals surface area (Å²) >= 11 is 7.90. The van der Waals surface area contributed by atoms with Crippen molar-refractivity contribution in [2.45, 2.75) is 26.3 Å². The Morgan fingerprint density at radius 1 is 1.26 bits per heavy atom. The van der Waals surface area contributed by atoms with E-state index >= 15 is 0 Å². The van der Waals surface area contributed by atoms with Gasteiger partial charge in [-0.1, -0.05) is 29.8 Å². The number of halogens is 1. The van der Waals surface area contributed by atoms with Gasteiger partial charge in [0.25, 0.3) is 0 Å². The number of nitrogens with zero attached hydrogens (tertiary/aromatic N) is 6. The van der Waals surface area contributed by atoms with Gasteiger partial charge in [-0.2, -0.15) is 0 Å². The Morgan fingerprint density at radius 2 is 2.12 bits per heavy atom. The molecule has 0 spiro atoms. The monoisotopic (exact) mass is 493 g/mol. The minimum absolute atomic E-state index is 0.0562. The van der Waals surface area contributed by atoms with Crippen molar-refractivity contribution in [1.29, 1.82) is 0 Å². The fourth-order valence-electron chi connectivity index (χ4n) is 4.10. The van der Waals surface area contributed by atoms with Gasteiger partial charge in [-0.05, 0) is 25.8 Å². The molecule has 0 radical (unpaired) electrons. The van der Waals surface area contributed by atoms with E-state index in [1.165, 1.54) is 0 Å². The summed E-state index contributed by atoms with van der Waals surface area (Å²) in [7, 11) is 0. The number of rotatable bonds is 6. The van der Waals surface area contributed by atoms with Crippen LogP contribution in [-0.2, 0) is 11.3 Å². The highest BCUT2D eigenvalue weighted by atomic mass is 35.5. The average molecular weight is 494 g/mol. The molecule has 4 heterocycles. The number of anilines is 1. The molecule has 5 rings (SSSR count). The number of benzene rings is 1. The van der Waals surface area contributed by atoms with Gasteiger partial charge in [0.05, 0.1) is 23.2 Å². The van der Waals surface area contributed by atoms with Crippen LogP contribution in [0.2, 0.25) is 5.02 Å². The second kappa shape index (κ2) is 9.90. The van der Waals surface area contributed by atoms with Gasteiger partial charge in [-0.15, -0.1) is 11.3 Å². The molecule has 10 heteroatoms. The molecule has 1 saturated heterocycles. The fourth-order valence-corrected chi connectivity index (χ4v) is 5.42. The van der Waals surface area contributed by atoms with E-state index in [1.807, 2.05) is 48.0 Å². The molecule has 0 saturated carbocycles. The zero-order valence-electron chi connectivity index (χ0n) is 18.7. The van der Waals surface area contributed by atoms with Crippen molar-refractivity contribution < 1.29 is 4.79 Å². The summed E-state index contributed by atoms with van der Waals surface area (Å²) in [6.07, 6.45) is 8.60. The lowest BCUT2D eigenvalue weighted by Crippen LogP contribution is -2.43. The molecular weight excluding hydrogens is 470 g/mol. The minimum Gasteiger partial charge on any atom is -0.356 e. The van der Waals surface area contributed by atoms with E-state index < -0.39 is 0 Å². The minimum atomic E-state index is -0.100. The predicted octanol–water partition coefficient (Wildman–Crippen LogP) is 4.28. The lowest BCUT2D eigenvalue weighted by molar-refractivity contribution is -0.125. The number of nitrogens with one attached hydrogen (secondary N) is 1. The maximum Gasteiger partial charge on any atom is 0.225 e. The third-order valence-corrected chi connectivity index (χ3v) is 7.46. The molecule has 3 aromatic heterocycles. The predicted molar refractivity (Wildman–Crippen MR) is 133 cm³/mol. The Labute approximate surface area is 206 Å². The number of thiazole rings is 1. The highest BCUT2D eigenvalue weighted by Gasteiger charge is 2.27. The first-order valence-electron chi connectivity index (χ1n) is 11.1. The van der Waals surface area contributed by atoms with Crippen molar-refractivity contribution in [3.63, 3.8) is 0 Å². The number of imidazole rings is 1. The summed E-state index contributed by atoms with van der Waals surface area (Å²) in [6, 6.07) is 9.61. The summed E-state index contributed by atoms with van der Waals surface area (Å²) in [4.78, 5) is 33.7. The SMILES string of the molecule is Cc1nc(-c2ccccc2Cl)sc1CNC(=O)C1CCCN(c2cc(-n3ccnc3)ncn2)C1. The van der Waals surface area contributed by atoms with Crippen LogP contribution in [0.3, 0.4) is 0 Å². The van der Waals surface area contributed by atoms with Crippen LogP contribution in [0.1, 0.15) is 23.4 Å². The Balaban J connectivity index is 1.23. The van der Waals surface area contributed by atoms with E-state index in [-0.39, 0.29) is 11.8 Å². The van der Waals surface area contributed by atoms with Gasteiger partial charge in [-0.25, -0.2) is 19.9 Å². The lowest BCUT2D eigenvalue weighted by Gasteiger charge is -2.32. The third-order valence-electron chi connectivity index (χ3n) is 5.94. The van der Waals surface area contributed by atoms with E-state index in [4.69, 9.17) is 11.6 Å². The van der Waals surface area contributed by atoms with Crippen molar-refractivity contribution in [1.82, 2.24) is 29.8 Å². The molecule has 0 bridgehead atoms. The van der Waals surface area contributed by atoms with E-state index in [2.05, 4.69) is 30.2 Å². The Morgan fingerprint density at radius 3 is 2.94 bits per heavy atom. The highest BCUT2D eigenvalue weighted by Crippen LogP contribution is 2.32. The topological polar surface area (TPSA) is 88.8 Å². The lowest BCUT2D eigenvalue weighted by atomic mass is 9.97. The van der Waals surface area contributed by atoms with E-state index in [0.29, 0.717) is 18.1 Å². The zero-order valence-corrected chi connectivity index (χ0v) is 20.3. The van der Waals surface area contributed by atoms with Crippen LogP contribution in [-0.4, -0.2) is 43.5 Å². The van der Waals surface area contributed by atoms with E-state index in [1.54, 1.807) is 30.2 Å². The van der Waals surface area contributed by atoms with Crippen LogP contribution in [0.4, 0.5) is 5.82 Å². The molecule has 1 aliphatic rings. The molecule has 1 amide bonds. The van der Waals surface area contributed by atoms with Gasteiger partial charge in [0.15, 0.2) is 0 Å². The largest absolute Gasteiger partial charge is 0.356 e. The number of aromatic nitrogens is 5. The van der Waals surface area contributed by atoms with Gasteiger partial charge in [0.1, 0.15) is 29.3 Å². The first-order valence-corrected chi connectivity index (χ1v) is 12.3. The number of piperidine rings is 1. The molecule has 1 aromatic carbocycles. The molecular formula is C24H24ClN7OS. The zero-order chi connectivity index (χ0) is 23.5. The summed E-state index contributed by atoms with van der Waals surface area (Å²) < 4.78 is 1.84. The molecule has 1 N–H and O–H groups in total. The molecule has 174 valence electrons. The maximum atomic E-state index is 13.0. The summed E-state index contributed by atoms with van der Waals surface area (Å²) in [5.74, 6) is 1.53. The first-order chi connectivity index (χ1) is 16.6. The van der Waals surface area contributed by atoms with Crippen molar-refractivity contribution in [3.05, 3.63) is 71.0 Å². The number of hydrogen-bond acceptors (Lipinski definition) is 7. The molecule has 1 fully saturated rings. The Hall–Kier alpha value is -3.30. The smallest absolute Gasteiger partial charge is 0.225 e. The summed E-state index contributed by atoms with van der Waals surface area (Å²) in [6.45, 7) is 3.91.